The topological polar surface area (TPSA) is 138 Å². The highest BCUT2D eigenvalue weighted by atomic mass is 16.7. The minimum absolute atomic E-state index is 0.271. The van der Waals surface area contributed by atoms with Gasteiger partial charge in [0, 0.05) is 19.4 Å². The molecule has 2 rings (SSSR count). The standard InChI is InChI=1S/C15H27NO8/c1-7-13(20)14(21)11(6-18)24-15(7)23-9-3-4-22-10(5-17)12(9)16-8(2)19/h7,9-15,17-18,20-21H,3-6H2,1-2H3,(H,16,19)/t7?,9-,10?,11?,12-,13-,14-,15-/m1/s1. The Morgan fingerprint density at radius 2 is 1.88 bits per heavy atom. The van der Waals surface area contributed by atoms with E-state index in [0.29, 0.717) is 13.0 Å². The van der Waals surface area contributed by atoms with Crippen LogP contribution in [0.4, 0.5) is 0 Å². The molecule has 2 aliphatic heterocycles. The van der Waals surface area contributed by atoms with E-state index < -0.39 is 55.4 Å². The Kier molecular flexibility index (Phi) is 6.93. The summed E-state index contributed by atoms with van der Waals surface area (Å²) in [7, 11) is 0. The van der Waals surface area contributed by atoms with Crippen molar-refractivity contribution in [2.24, 2.45) is 5.92 Å². The first-order valence-electron chi connectivity index (χ1n) is 8.16. The summed E-state index contributed by atoms with van der Waals surface area (Å²) in [5.74, 6) is -0.810. The largest absolute Gasteiger partial charge is 0.394 e. The quantitative estimate of drug-likeness (QED) is 0.375. The summed E-state index contributed by atoms with van der Waals surface area (Å²) in [4.78, 5) is 11.4. The van der Waals surface area contributed by atoms with Crippen LogP contribution in [0, 0.1) is 5.92 Å². The molecule has 0 saturated carbocycles. The highest BCUT2D eigenvalue weighted by Gasteiger charge is 2.45. The maximum atomic E-state index is 11.4. The van der Waals surface area contributed by atoms with Crippen molar-refractivity contribution in [3.63, 3.8) is 0 Å². The predicted octanol–water partition coefficient (Wildman–Crippen LogP) is -2.27. The lowest BCUT2D eigenvalue weighted by molar-refractivity contribution is -0.302. The fourth-order valence-corrected chi connectivity index (χ4v) is 3.15. The third kappa shape index (κ3) is 4.23. The minimum Gasteiger partial charge on any atom is -0.394 e. The summed E-state index contributed by atoms with van der Waals surface area (Å²) in [6, 6.07) is -0.561. The van der Waals surface area contributed by atoms with Gasteiger partial charge in [0.05, 0.1) is 31.5 Å². The summed E-state index contributed by atoms with van der Waals surface area (Å²) < 4.78 is 16.9. The Morgan fingerprint density at radius 3 is 2.46 bits per heavy atom. The summed E-state index contributed by atoms with van der Waals surface area (Å²) in [5.41, 5.74) is 0. The average molecular weight is 349 g/mol. The van der Waals surface area contributed by atoms with Crippen molar-refractivity contribution >= 4 is 5.91 Å². The number of rotatable bonds is 5. The lowest BCUT2D eigenvalue weighted by Crippen LogP contribution is -2.60. The van der Waals surface area contributed by atoms with Gasteiger partial charge in [0.25, 0.3) is 0 Å². The highest BCUT2D eigenvalue weighted by molar-refractivity contribution is 5.73. The van der Waals surface area contributed by atoms with Gasteiger partial charge in [-0.2, -0.15) is 0 Å². The Hall–Kier alpha value is -0.810. The Balaban J connectivity index is 2.09. The molecule has 0 aliphatic carbocycles. The molecule has 9 heteroatoms. The van der Waals surface area contributed by atoms with Crippen molar-refractivity contribution in [3.8, 4) is 0 Å². The van der Waals surface area contributed by atoms with Crippen molar-refractivity contribution in [2.75, 3.05) is 19.8 Å². The molecular formula is C15H27NO8. The molecule has 1 amide bonds. The molecule has 2 fully saturated rings. The second kappa shape index (κ2) is 8.52. The van der Waals surface area contributed by atoms with Crippen molar-refractivity contribution < 1.29 is 39.4 Å². The summed E-state index contributed by atoms with van der Waals surface area (Å²) in [5, 5.41) is 41.4. The van der Waals surface area contributed by atoms with Crippen LogP contribution in [-0.4, -0.2) is 89.0 Å². The van der Waals surface area contributed by atoms with Crippen LogP contribution < -0.4 is 5.32 Å². The normalized spacial score (nSPS) is 43.4. The van der Waals surface area contributed by atoms with Gasteiger partial charge in [0.2, 0.25) is 5.91 Å². The molecule has 0 aromatic heterocycles. The van der Waals surface area contributed by atoms with Crippen LogP contribution in [0.15, 0.2) is 0 Å². The number of aliphatic hydroxyl groups excluding tert-OH is 4. The van der Waals surface area contributed by atoms with Gasteiger partial charge in [-0.05, 0) is 6.42 Å². The molecule has 3 unspecified atom stereocenters. The van der Waals surface area contributed by atoms with Crippen molar-refractivity contribution in [2.45, 2.75) is 63.1 Å². The maximum absolute atomic E-state index is 11.4. The molecule has 2 saturated heterocycles. The summed E-state index contributed by atoms with van der Waals surface area (Å²) in [6.45, 7) is 2.66. The van der Waals surface area contributed by atoms with Gasteiger partial charge >= 0.3 is 0 Å². The van der Waals surface area contributed by atoms with E-state index in [0.717, 1.165) is 0 Å². The SMILES string of the molecule is CC(=O)N[C@H]1C(CO)OCC[C@H]1O[C@@H]1OC(CO)[C@@H](O)[C@H](O)C1C. The van der Waals surface area contributed by atoms with E-state index in [4.69, 9.17) is 14.2 Å². The Morgan fingerprint density at radius 1 is 1.21 bits per heavy atom. The molecule has 9 nitrogen and oxygen atoms in total. The van der Waals surface area contributed by atoms with Crippen LogP contribution in [0.5, 0.6) is 0 Å². The number of aliphatic hydroxyl groups is 4. The van der Waals surface area contributed by atoms with Gasteiger partial charge in [-0.15, -0.1) is 0 Å². The van der Waals surface area contributed by atoms with Crippen molar-refractivity contribution in [1.29, 1.82) is 0 Å². The molecule has 2 heterocycles. The summed E-state index contributed by atoms with van der Waals surface area (Å²) >= 11 is 0. The first-order chi connectivity index (χ1) is 11.4. The van der Waals surface area contributed by atoms with E-state index >= 15 is 0 Å². The number of amides is 1. The first kappa shape index (κ1) is 19.5. The van der Waals surface area contributed by atoms with E-state index in [9.17, 15) is 25.2 Å². The number of hydrogen-bond donors (Lipinski definition) is 5. The van der Waals surface area contributed by atoms with Gasteiger partial charge < -0.3 is 40.0 Å². The van der Waals surface area contributed by atoms with Gasteiger partial charge in [-0.25, -0.2) is 0 Å². The van der Waals surface area contributed by atoms with E-state index in [1.54, 1.807) is 6.92 Å². The second-order valence-corrected chi connectivity index (χ2v) is 6.35. The zero-order valence-electron chi connectivity index (χ0n) is 13.9. The van der Waals surface area contributed by atoms with E-state index in [1.165, 1.54) is 6.92 Å². The molecule has 8 atom stereocenters. The number of ether oxygens (including phenoxy) is 3. The van der Waals surface area contributed by atoms with E-state index in [2.05, 4.69) is 5.32 Å². The average Bonchev–Trinajstić information content (AvgIpc) is 2.56. The summed E-state index contributed by atoms with van der Waals surface area (Å²) in [6.07, 6.45) is -4.74. The Labute approximate surface area is 140 Å². The van der Waals surface area contributed by atoms with Crippen LogP contribution >= 0.6 is 0 Å². The van der Waals surface area contributed by atoms with Crippen LogP contribution in [0.25, 0.3) is 0 Å². The zero-order chi connectivity index (χ0) is 17.9. The lowest BCUT2D eigenvalue weighted by atomic mass is 9.92. The van der Waals surface area contributed by atoms with E-state index in [-0.39, 0.29) is 12.5 Å². The number of hydrogen-bond acceptors (Lipinski definition) is 8. The van der Waals surface area contributed by atoms with Gasteiger partial charge in [0.1, 0.15) is 18.3 Å². The van der Waals surface area contributed by atoms with E-state index in [1.807, 2.05) is 0 Å². The smallest absolute Gasteiger partial charge is 0.217 e. The van der Waals surface area contributed by atoms with Crippen LogP contribution in [0.1, 0.15) is 20.3 Å². The minimum atomic E-state index is -1.20. The van der Waals surface area contributed by atoms with Gasteiger partial charge in [-0.3, -0.25) is 4.79 Å². The third-order valence-corrected chi connectivity index (χ3v) is 4.58. The fraction of sp³-hybridized carbons (Fsp3) is 0.933. The highest BCUT2D eigenvalue weighted by Crippen LogP contribution is 2.30. The van der Waals surface area contributed by atoms with Crippen LogP contribution in [-0.2, 0) is 19.0 Å². The molecule has 5 N–H and O–H groups in total. The predicted molar refractivity (Wildman–Crippen MR) is 80.8 cm³/mol. The number of carbonyl (C=O) groups excluding carboxylic acids is 1. The fourth-order valence-electron chi connectivity index (χ4n) is 3.15. The molecule has 0 bridgehead atoms. The number of nitrogens with one attached hydrogen (secondary N) is 1. The lowest BCUT2D eigenvalue weighted by Gasteiger charge is -2.44. The molecule has 0 aromatic rings. The molecule has 0 spiro atoms. The first-order valence-corrected chi connectivity index (χ1v) is 8.16. The molecule has 140 valence electrons. The molecule has 0 aromatic carbocycles. The maximum Gasteiger partial charge on any atom is 0.217 e. The van der Waals surface area contributed by atoms with Gasteiger partial charge in [0.15, 0.2) is 6.29 Å². The second-order valence-electron chi connectivity index (χ2n) is 6.35. The van der Waals surface area contributed by atoms with Crippen LogP contribution in [0.3, 0.4) is 0 Å². The Bertz CT molecular complexity index is 420. The molecule has 24 heavy (non-hydrogen) atoms. The molecular weight excluding hydrogens is 322 g/mol. The zero-order valence-corrected chi connectivity index (χ0v) is 13.9. The number of carbonyl (C=O) groups is 1. The van der Waals surface area contributed by atoms with Gasteiger partial charge in [-0.1, -0.05) is 6.92 Å². The van der Waals surface area contributed by atoms with Crippen LogP contribution in [0.2, 0.25) is 0 Å². The molecule has 2 aliphatic rings. The monoisotopic (exact) mass is 349 g/mol. The molecule has 0 radical (unpaired) electrons. The van der Waals surface area contributed by atoms with Crippen molar-refractivity contribution in [1.82, 2.24) is 5.32 Å². The third-order valence-electron chi connectivity index (χ3n) is 4.58. The van der Waals surface area contributed by atoms with Crippen molar-refractivity contribution in [3.05, 3.63) is 0 Å².